The number of piperidine rings is 1. The zero-order valence-corrected chi connectivity index (χ0v) is 20.1. The number of aromatic nitrogens is 3. The molecule has 0 aliphatic carbocycles. The molecule has 5 heterocycles. The summed E-state index contributed by atoms with van der Waals surface area (Å²) in [6, 6.07) is 8.50. The molecule has 0 unspecified atom stereocenters. The van der Waals surface area contributed by atoms with Crippen LogP contribution in [-0.2, 0) is 0 Å². The third-order valence-corrected chi connectivity index (χ3v) is 8.44. The predicted molar refractivity (Wildman–Crippen MR) is 130 cm³/mol. The smallest absolute Gasteiger partial charge is 0.192 e. The van der Waals surface area contributed by atoms with Crippen molar-refractivity contribution in [3.63, 3.8) is 0 Å². The number of fused-ring (bicyclic) bond motifs is 4. The van der Waals surface area contributed by atoms with Gasteiger partial charge >= 0.3 is 0 Å². The largest absolute Gasteiger partial charge is 0.441 e. The van der Waals surface area contributed by atoms with Gasteiger partial charge in [-0.2, -0.15) is 5.26 Å². The number of pyridine rings is 1. The topological polar surface area (TPSA) is 90.9 Å². The van der Waals surface area contributed by atoms with Gasteiger partial charge in [-0.3, -0.25) is 4.98 Å². The molecule has 0 radical (unpaired) electrons. The Kier molecular flexibility index (Phi) is 4.36. The Balaban J connectivity index is 1.34. The Morgan fingerprint density at radius 1 is 1.18 bits per heavy atom. The van der Waals surface area contributed by atoms with Crippen LogP contribution >= 0.6 is 11.3 Å². The fourth-order valence-electron chi connectivity index (χ4n) is 5.76. The highest BCUT2D eigenvalue weighted by Gasteiger charge is 2.49. The summed E-state index contributed by atoms with van der Waals surface area (Å²) in [5.41, 5.74) is 4.67. The maximum absolute atomic E-state index is 9.58. The number of benzene rings is 1. The number of anilines is 1. The van der Waals surface area contributed by atoms with Gasteiger partial charge in [-0.1, -0.05) is 11.3 Å². The Bertz CT molecular complexity index is 1430. The van der Waals surface area contributed by atoms with Crippen LogP contribution in [-0.4, -0.2) is 39.1 Å². The third-order valence-electron chi connectivity index (χ3n) is 7.34. The first-order chi connectivity index (χ1) is 15.7. The Hall–Kier alpha value is -3.02. The average molecular weight is 459 g/mol. The molecule has 1 N–H and O–H groups in total. The SMILES string of the molecule is Cc1nc2c(C#N)cc(-c3cc4sc(N(C)[C@@H]5C[C@]6(C)CC[C@](C)(C5)N6)nc4cn3)cc2o1. The molecule has 6 rings (SSSR count). The van der Waals surface area contributed by atoms with Gasteiger partial charge in [-0.05, 0) is 57.7 Å². The molecular formula is C25H26N6OS. The minimum absolute atomic E-state index is 0.216. The molecule has 7 nitrogen and oxygen atoms in total. The van der Waals surface area contributed by atoms with E-state index in [4.69, 9.17) is 9.40 Å². The van der Waals surface area contributed by atoms with Crippen LogP contribution in [0.2, 0.25) is 0 Å². The van der Waals surface area contributed by atoms with E-state index in [1.54, 1.807) is 18.3 Å². The zero-order valence-electron chi connectivity index (χ0n) is 19.3. The number of nitrogens with zero attached hydrogens (tertiary/aromatic N) is 5. The van der Waals surface area contributed by atoms with Crippen LogP contribution in [0.25, 0.3) is 32.6 Å². The zero-order chi connectivity index (χ0) is 23.0. The summed E-state index contributed by atoms with van der Waals surface area (Å²) in [6.07, 6.45) is 6.56. The van der Waals surface area contributed by atoms with Crippen molar-refractivity contribution in [1.82, 2.24) is 20.3 Å². The van der Waals surface area contributed by atoms with Crippen molar-refractivity contribution in [2.75, 3.05) is 11.9 Å². The van der Waals surface area contributed by atoms with Crippen molar-refractivity contribution < 1.29 is 4.42 Å². The normalized spacial score (nSPS) is 26.7. The van der Waals surface area contributed by atoms with E-state index in [0.29, 0.717) is 28.6 Å². The van der Waals surface area contributed by atoms with E-state index in [9.17, 15) is 5.26 Å². The molecule has 2 saturated heterocycles. The average Bonchev–Trinajstić information content (AvgIpc) is 3.43. The Labute approximate surface area is 196 Å². The first-order valence-corrected chi connectivity index (χ1v) is 12.2. The van der Waals surface area contributed by atoms with Crippen LogP contribution in [0, 0.1) is 18.3 Å². The lowest BCUT2D eigenvalue weighted by Gasteiger charge is -2.45. The Morgan fingerprint density at radius 2 is 1.94 bits per heavy atom. The molecule has 3 aromatic heterocycles. The van der Waals surface area contributed by atoms with Gasteiger partial charge in [0.2, 0.25) is 0 Å². The molecule has 3 atom stereocenters. The molecule has 2 aliphatic heterocycles. The molecule has 0 spiro atoms. The standard InChI is InChI=1S/C25H26N6OS/c1-14-28-22-16(12-26)7-15(8-20(22)32-14)18-9-21-19(13-27-18)29-23(33-21)31(4)17-10-24(2)5-6-25(3,11-17)30-24/h7-9,13,17,30H,5-6,10-11H2,1-4H3/t17-,24+,25-. The molecule has 8 heteroatoms. The van der Waals surface area contributed by atoms with Crippen LogP contribution in [0.1, 0.15) is 51.0 Å². The summed E-state index contributed by atoms with van der Waals surface area (Å²) in [5, 5.41) is 14.5. The number of nitriles is 1. The van der Waals surface area contributed by atoms with Gasteiger partial charge in [-0.25, -0.2) is 9.97 Å². The number of oxazole rings is 1. The van der Waals surface area contributed by atoms with E-state index in [1.807, 2.05) is 18.3 Å². The van der Waals surface area contributed by atoms with E-state index in [1.165, 1.54) is 12.8 Å². The summed E-state index contributed by atoms with van der Waals surface area (Å²) >= 11 is 1.70. The highest BCUT2D eigenvalue weighted by molar-refractivity contribution is 7.22. The molecule has 2 aliphatic rings. The van der Waals surface area contributed by atoms with Gasteiger partial charge in [0.05, 0.1) is 22.2 Å². The van der Waals surface area contributed by atoms with Crippen molar-refractivity contribution in [3.8, 4) is 17.3 Å². The van der Waals surface area contributed by atoms with Gasteiger partial charge in [0.25, 0.3) is 0 Å². The van der Waals surface area contributed by atoms with Gasteiger partial charge in [0, 0.05) is 36.7 Å². The number of hydrogen-bond acceptors (Lipinski definition) is 8. The second kappa shape index (κ2) is 6.99. The van der Waals surface area contributed by atoms with E-state index >= 15 is 0 Å². The third kappa shape index (κ3) is 3.38. The summed E-state index contributed by atoms with van der Waals surface area (Å²) < 4.78 is 6.78. The van der Waals surface area contributed by atoms with Gasteiger partial charge in [0.15, 0.2) is 16.6 Å². The minimum atomic E-state index is 0.216. The van der Waals surface area contributed by atoms with Crippen molar-refractivity contribution >= 4 is 37.8 Å². The van der Waals surface area contributed by atoms with Crippen LogP contribution < -0.4 is 10.2 Å². The van der Waals surface area contributed by atoms with E-state index in [2.05, 4.69) is 53.2 Å². The highest BCUT2D eigenvalue weighted by Crippen LogP contribution is 2.44. The molecule has 4 aromatic rings. The number of hydrogen-bond donors (Lipinski definition) is 1. The van der Waals surface area contributed by atoms with E-state index in [-0.39, 0.29) is 11.1 Å². The van der Waals surface area contributed by atoms with Crippen molar-refractivity contribution in [2.45, 2.75) is 63.6 Å². The second-order valence-corrected chi connectivity index (χ2v) is 11.2. The lowest BCUT2D eigenvalue weighted by atomic mass is 9.84. The maximum atomic E-state index is 9.58. The molecule has 33 heavy (non-hydrogen) atoms. The van der Waals surface area contributed by atoms with E-state index < -0.39 is 0 Å². The minimum Gasteiger partial charge on any atom is -0.441 e. The number of rotatable bonds is 3. The molecule has 0 saturated carbocycles. The molecule has 1 aromatic carbocycles. The fraction of sp³-hybridized carbons (Fsp3) is 0.440. The summed E-state index contributed by atoms with van der Waals surface area (Å²) in [4.78, 5) is 16.3. The molecule has 2 bridgehead atoms. The van der Waals surface area contributed by atoms with Crippen LogP contribution in [0.5, 0.6) is 0 Å². The van der Waals surface area contributed by atoms with Crippen molar-refractivity contribution in [1.29, 1.82) is 5.26 Å². The lowest BCUT2D eigenvalue weighted by Crippen LogP contribution is -2.58. The van der Waals surface area contributed by atoms with Gasteiger partial charge < -0.3 is 14.6 Å². The maximum Gasteiger partial charge on any atom is 0.192 e. The Morgan fingerprint density at radius 3 is 2.67 bits per heavy atom. The molecule has 168 valence electrons. The molecule has 0 amide bonds. The van der Waals surface area contributed by atoms with Gasteiger partial charge in [-0.15, -0.1) is 0 Å². The number of thiazole rings is 1. The monoisotopic (exact) mass is 458 g/mol. The quantitative estimate of drug-likeness (QED) is 0.452. The number of aryl methyl sites for hydroxylation is 1. The van der Waals surface area contributed by atoms with Crippen molar-refractivity contribution in [3.05, 3.63) is 35.9 Å². The fourth-order valence-corrected chi connectivity index (χ4v) is 6.76. The van der Waals surface area contributed by atoms with Gasteiger partial charge in [0.1, 0.15) is 17.1 Å². The first-order valence-electron chi connectivity index (χ1n) is 11.3. The van der Waals surface area contributed by atoms with E-state index in [0.717, 1.165) is 39.4 Å². The molecule has 2 fully saturated rings. The first kappa shape index (κ1) is 20.6. The van der Waals surface area contributed by atoms with Crippen LogP contribution in [0.3, 0.4) is 0 Å². The summed E-state index contributed by atoms with van der Waals surface area (Å²) in [7, 11) is 2.17. The molecular weight excluding hydrogens is 432 g/mol. The van der Waals surface area contributed by atoms with Crippen molar-refractivity contribution in [2.24, 2.45) is 0 Å². The lowest BCUT2D eigenvalue weighted by molar-refractivity contribution is 0.208. The summed E-state index contributed by atoms with van der Waals surface area (Å²) in [5.74, 6) is 0.547. The number of nitrogens with one attached hydrogen (secondary N) is 1. The van der Waals surface area contributed by atoms with Crippen LogP contribution in [0.15, 0.2) is 28.8 Å². The predicted octanol–water partition coefficient (Wildman–Crippen LogP) is 5.18. The van der Waals surface area contributed by atoms with Crippen LogP contribution in [0.4, 0.5) is 5.13 Å². The second-order valence-electron chi connectivity index (χ2n) is 10.2. The highest BCUT2D eigenvalue weighted by atomic mass is 32.1. The summed E-state index contributed by atoms with van der Waals surface area (Å²) in [6.45, 7) is 6.50.